The summed E-state index contributed by atoms with van der Waals surface area (Å²) in [5.74, 6) is -0.735. The number of fused-ring (bicyclic) bond motifs is 2. The molecule has 1 spiro atoms. The first-order valence-electron chi connectivity index (χ1n) is 10.6. The molecule has 3 aromatic rings. The monoisotopic (exact) mass is 445 g/mol. The molecule has 1 aliphatic heterocycles. The maximum atomic E-state index is 13.3. The SMILES string of the molecule is Cc1ccc([C@H](NC(=O)CN2C(=O)N[C@@]3(CCc4ccccc43)C2=O)c2cccs2)cc1. The highest BCUT2D eigenvalue weighted by molar-refractivity contribution is 7.10. The molecule has 0 bridgehead atoms. The summed E-state index contributed by atoms with van der Waals surface area (Å²) < 4.78 is 0. The Balaban J connectivity index is 1.36. The van der Waals surface area contributed by atoms with E-state index in [4.69, 9.17) is 0 Å². The van der Waals surface area contributed by atoms with Crippen molar-refractivity contribution in [3.05, 3.63) is 93.2 Å². The molecule has 2 atom stereocenters. The van der Waals surface area contributed by atoms with E-state index in [1.807, 2.05) is 73.0 Å². The van der Waals surface area contributed by atoms with Crippen molar-refractivity contribution in [2.24, 2.45) is 0 Å². The maximum Gasteiger partial charge on any atom is 0.325 e. The van der Waals surface area contributed by atoms with Gasteiger partial charge in [-0.3, -0.25) is 14.5 Å². The summed E-state index contributed by atoms with van der Waals surface area (Å²) in [6.45, 7) is 1.69. The summed E-state index contributed by atoms with van der Waals surface area (Å²) >= 11 is 1.55. The topological polar surface area (TPSA) is 78.5 Å². The molecule has 2 aromatic carbocycles. The average Bonchev–Trinajstić information content (AvgIpc) is 3.50. The second kappa shape index (κ2) is 7.91. The summed E-state index contributed by atoms with van der Waals surface area (Å²) in [4.78, 5) is 41.1. The average molecular weight is 446 g/mol. The molecule has 32 heavy (non-hydrogen) atoms. The van der Waals surface area contributed by atoms with Gasteiger partial charge in [0.15, 0.2) is 0 Å². The van der Waals surface area contributed by atoms with Crippen LogP contribution in [0.4, 0.5) is 4.79 Å². The van der Waals surface area contributed by atoms with E-state index in [9.17, 15) is 14.4 Å². The smallest absolute Gasteiger partial charge is 0.325 e. The van der Waals surface area contributed by atoms with E-state index in [1.54, 1.807) is 11.3 Å². The van der Waals surface area contributed by atoms with Gasteiger partial charge in [0, 0.05) is 4.88 Å². The van der Waals surface area contributed by atoms with Gasteiger partial charge in [-0.15, -0.1) is 11.3 Å². The van der Waals surface area contributed by atoms with Crippen molar-refractivity contribution >= 4 is 29.2 Å². The normalized spacial score (nSPS) is 20.3. The molecule has 2 aliphatic rings. The highest BCUT2D eigenvalue weighted by Crippen LogP contribution is 2.41. The van der Waals surface area contributed by atoms with Crippen LogP contribution in [0.25, 0.3) is 0 Å². The van der Waals surface area contributed by atoms with E-state index in [2.05, 4.69) is 10.6 Å². The van der Waals surface area contributed by atoms with Crippen LogP contribution in [-0.4, -0.2) is 29.3 Å². The fourth-order valence-corrected chi connectivity index (χ4v) is 5.42. The molecular weight excluding hydrogens is 422 g/mol. The quantitative estimate of drug-likeness (QED) is 0.589. The van der Waals surface area contributed by atoms with Crippen LogP contribution < -0.4 is 10.6 Å². The molecule has 0 radical (unpaired) electrons. The van der Waals surface area contributed by atoms with Crippen molar-refractivity contribution in [1.82, 2.24) is 15.5 Å². The number of urea groups is 1. The largest absolute Gasteiger partial charge is 0.343 e. The first-order chi connectivity index (χ1) is 15.5. The first-order valence-corrected chi connectivity index (χ1v) is 11.5. The highest BCUT2D eigenvalue weighted by atomic mass is 32.1. The fourth-order valence-electron chi connectivity index (χ4n) is 4.62. The number of aryl methyl sites for hydroxylation is 2. The minimum atomic E-state index is -1.06. The number of amides is 4. The second-order valence-electron chi connectivity index (χ2n) is 8.31. The standard InChI is InChI=1S/C25H23N3O3S/c1-16-8-10-18(11-9-16)22(20-7-4-14-32-20)26-21(29)15-28-23(30)25(27-24(28)31)13-12-17-5-2-3-6-19(17)25/h2-11,14,22H,12-13,15H2,1H3,(H,26,29)(H,27,31)/t22-,25+/m0/s1. The molecule has 7 heteroatoms. The van der Waals surface area contributed by atoms with Crippen molar-refractivity contribution in [1.29, 1.82) is 0 Å². The summed E-state index contributed by atoms with van der Waals surface area (Å²) in [7, 11) is 0. The van der Waals surface area contributed by atoms with E-state index in [0.717, 1.165) is 38.5 Å². The number of carbonyl (C=O) groups is 3. The number of imide groups is 1. The lowest BCUT2D eigenvalue weighted by Crippen LogP contribution is -2.44. The van der Waals surface area contributed by atoms with Gasteiger partial charge in [-0.25, -0.2) is 4.79 Å². The number of carbonyl (C=O) groups excluding carboxylic acids is 3. The third-order valence-corrected chi connectivity index (χ3v) is 7.20. The fraction of sp³-hybridized carbons (Fsp3) is 0.240. The molecule has 162 valence electrons. The predicted octanol–water partition coefficient (Wildman–Crippen LogP) is 3.66. The maximum absolute atomic E-state index is 13.3. The summed E-state index contributed by atoms with van der Waals surface area (Å²) in [5.41, 5.74) is 2.91. The van der Waals surface area contributed by atoms with Crippen LogP contribution in [0.15, 0.2) is 66.0 Å². The zero-order valence-corrected chi connectivity index (χ0v) is 18.4. The van der Waals surface area contributed by atoms with Gasteiger partial charge in [0.05, 0.1) is 6.04 Å². The van der Waals surface area contributed by atoms with E-state index in [-0.39, 0.29) is 24.4 Å². The van der Waals surface area contributed by atoms with Gasteiger partial charge in [0.25, 0.3) is 5.91 Å². The first kappa shape index (κ1) is 20.5. The van der Waals surface area contributed by atoms with Crippen LogP contribution in [0.5, 0.6) is 0 Å². The van der Waals surface area contributed by atoms with E-state index >= 15 is 0 Å². The van der Waals surface area contributed by atoms with Crippen molar-refractivity contribution in [3.8, 4) is 0 Å². The Labute approximate surface area is 190 Å². The Kier molecular flexibility index (Phi) is 5.06. The molecule has 2 N–H and O–H groups in total. The number of thiophene rings is 1. The minimum absolute atomic E-state index is 0.317. The number of nitrogens with one attached hydrogen (secondary N) is 2. The zero-order chi connectivity index (χ0) is 22.3. The Bertz CT molecular complexity index is 1190. The van der Waals surface area contributed by atoms with Gasteiger partial charge in [0.1, 0.15) is 12.1 Å². The molecule has 1 aromatic heterocycles. The van der Waals surface area contributed by atoms with Crippen molar-refractivity contribution in [2.45, 2.75) is 31.3 Å². The third kappa shape index (κ3) is 3.39. The van der Waals surface area contributed by atoms with Crippen molar-refractivity contribution in [2.75, 3.05) is 6.54 Å². The van der Waals surface area contributed by atoms with Crippen LogP contribution in [0.2, 0.25) is 0 Å². The van der Waals surface area contributed by atoms with Gasteiger partial charge in [-0.1, -0.05) is 60.2 Å². The Morgan fingerprint density at radius 1 is 1.12 bits per heavy atom. The minimum Gasteiger partial charge on any atom is -0.343 e. The van der Waals surface area contributed by atoms with E-state index in [1.165, 1.54) is 0 Å². The number of nitrogens with zero attached hydrogens (tertiary/aromatic N) is 1. The van der Waals surface area contributed by atoms with Gasteiger partial charge < -0.3 is 10.6 Å². The van der Waals surface area contributed by atoms with Crippen LogP contribution in [0.1, 0.15) is 39.6 Å². The Morgan fingerprint density at radius 3 is 2.66 bits per heavy atom. The van der Waals surface area contributed by atoms with E-state index < -0.39 is 11.6 Å². The Morgan fingerprint density at radius 2 is 1.91 bits per heavy atom. The molecule has 1 saturated heterocycles. The third-order valence-electron chi connectivity index (χ3n) is 6.27. The van der Waals surface area contributed by atoms with Crippen LogP contribution in [0.3, 0.4) is 0 Å². The van der Waals surface area contributed by atoms with Crippen LogP contribution in [-0.2, 0) is 21.5 Å². The lowest BCUT2D eigenvalue weighted by Gasteiger charge is -2.23. The predicted molar refractivity (Wildman–Crippen MR) is 122 cm³/mol. The molecule has 5 rings (SSSR count). The molecule has 0 saturated carbocycles. The van der Waals surface area contributed by atoms with Gasteiger partial charge in [-0.05, 0) is 47.9 Å². The van der Waals surface area contributed by atoms with Gasteiger partial charge in [-0.2, -0.15) is 0 Å². The molecule has 4 amide bonds. The lowest BCUT2D eigenvalue weighted by atomic mass is 9.92. The summed E-state index contributed by atoms with van der Waals surface area (Å²) in [6.07, 6.45) is 1.23. The number of hydrogen-bond donors (Lipinski definition) is 2. The number of benzene rings is 2. The van der Waals surface area contributed by atoms with Crippen LogP contribution in [0, 0.1) is 6.92 Å². The Hall–Kier alpha value is -3.45. The molecule has 0 unspecified atom stereocenters. The second-order valence-corrected chi connectivity index (χ2v) is 9.29. The molecule has 6 nitrogen and oxygen atoms in total. The lowest BCUT2D eigenvalue weighted by molar-refractivity contribution is -0.135. The van der Waals surface area contributed by atoms with Gasteiger partial charge >= 0.3 is 6.03 Å². The molecular formula is C25H23N3O3S. The van der Waals surface area contributed by atoms with Gasteiger partial charge in [0.2, 0.25) is 5.91 Å². The zero-order valence-electron chi connectivity index (χ0n) is 17.6. The number of rotatable bonds is 5. The summed E-state index contributed by atoms with van der Waals surface area (Å²) in [6, 6.07) is 18.7. The molecule has 1 aliphatic carbocycles. The highest BCUT2D eigenvalue weighted by Gasteiger charge is 2.55. The van der Waals surface area contributed by atoms with E-state index in [0.29, 0.717) is 6.42 Å². The number of hydrogen-bond acceptors (Lipinski definition) is 4. The van der Waals surface area contributed by atoms with Crippen molar-refractivity contribution in [3.63, 3.8) is 0 Å². The molecule has 1 fully saturated rings. The van der Waals surface area contributed by atoms with Crippen LogP contribution >= 0.6 is 11.3 Å². The summed E-state index contributed by atoms with van der Waals surface area (Å²) in [5, 5.41) is 7.85. The van der Waals surface area contributed by atoms with Crippen molar-refractivity contribution < 1.29 is 14.4 Å². The molecule has 2 heterocycles.